The fourth-order valence-corrected chi connectivity index (χ4v) is 4.21. The Balaban J connectivity index is 2.26. The van der Waals surface area contributed by atoms with Crippen molar-refractivity contribution in [1.29, 1.82) is 0 Å². The van der Waals surface area contributed by atoms with E-state index in [9.17, 15) is 13.0 Å². The Bertz CT molecular complexity index is 922. The highest BCUT2D eigenvalue weighted by Gasteiger charge is 2.18. The van der Waals surface area contributed by atoms with Gasteiger partial charge in [0.05, 0.1) is 12.0 Å². The Morgan fingerprint density at radius 2 is 1.86 bits per heavy atom. The number of rotatable bonds is 3. The number of benzene rings is 2. The zero-order valence-corrected chi connectivity index (χ0v) is 13.7. The quantitative estimate of drug-likeness (QED) is 0.731. The van der Waals surface area contributed by atoms with E-state index in [1.54, 1.807) is 18.3 Å². The average Bonchev–Trinajstić information content (AvgIpc) is 2.88. The molecule has 3 rings (SSSR count). The lowest BCUT2D eigenvalue weighted by molar-refractivity contribution is 0.414. The topological polar surface area (TPSA) is 63.6 Å². The van der Waals surface area contributed by atoms with Crippen molar-refractivity contribution in [3.8, 4) is 16.2 Å². The van der Waals surface area contributed by atoms with Crippen LogP contribution in [-0.2, 0) is 10.1 Å². The summed E-state index contributed by atoms with van der Waals surface area (Å²) in [5, 5.41) is 1.13. The fourth-order valence-electron chi connectivity index (χ4n) is 2.45. The molecule has 0 aliphatic carbocycles. The van der Waals surface area contributed by atoms with E-state index in [-0.39, 0.29) is 4.90 Å². The monoisotopic (exact) mass is 334 g/mol. The molecule has 0 amide bonds. The number of fused-ring (bicyclic) bond motifs is 1. The molecule has 0 spiro atoms. The van der Waals surface area contributed by atoms with Gasteiger partial charge in [0.15, 0.2) is 0 Å². The molecule has 0 atom stereocenters. The standard InChI is InChI=1S/C16H14O4S2/c1-10-7-12(22(17,18)19)9-13(20-2)16(10)15-8-11-5-3-4-6-14(11)21-15/h3-9H,1-2H3,(H,17,18,19). The third-order valence-electron chi connectivity index (χ3n) is 3.46. The van der Waals surface area contributed by atoms with Crippen LogP contribution in [0, 0.1) is 6.92 Å². The van der Waals surface area contributed by atoms with Crippen molar-refractivity contribution in [2.45, 2.75) is 11.8 Å². The molecular formula is C16H14O4S2. The molecule has 4 nitrogen and oxygen atoms in total. The molecule has 0 saturated carbocycles. The summed E-state index contributed by atoms with van der Waals surface area (Å²) in [5.41, 5.74) is 1.58. The van der Waals surface area contributed by atoms with Gasteiger partial charge in [-0.2, -0.15) is 8.42 Å². The minimum absolute atomic E-state index is 0.160. The van der Waals surface area contributed by atoms with Gasteiger partial charge in [-0.15, -0.1) is 11.3 Å². The van der Waals surface area contributed by atoms with Crippen molar-refractivity contribution in [3.63, 3.8) is 0 Å². The maximum Gasteiger partial charge on any atom is 0.294 e. The lowest BCUT2D eigenvalue weighted by Crippen LogP contribution is -2.01. The first-order valence-corrected chi connectivity index (χ1v) is 8.81. The lowest BCUT2D eigenvalue weighted by Gasteiger charge is -2.12. The normalized spacial score (nSPS) is 11.8. The van der Waals surface area contributed by atoms with Crippen LogP contribution in [0.15, 0.2) is 47.4 Å². The van der Waals surface area contributed by atoms with Gasteiger partial charge in [0.1, 0.15) is 5.75 Å². The summed E-state index contributed by atoms with van der Waals surface area (Å²) in [6.45, 7) is 1.80. The summed E-state index contributed by atoms with van der Waals surface area (Å²) in [4.78, 5) is 0.837. The molecule has 1 heterocycles. The average molecular weight is 334 g/mol. The highest BCUT2D eigenvalue weighted by Crippen LogP contribution is 2.41. The number of ether oxygens (including phenoxy) is 1. The van der Waals surface area contributed by atoms with Crippen LogP contribution in [0.4, 0.5) is 0 Å². The van der Waals surface area contributed by atoms with Gasteiger partial charge in [0.2, 0.25) is 0 Å². The van der Waals surface area contributed by atoms with E-state index >= 15 is 0 Å². The molecule has 6 heteroatoms. The summed E-state index contributed by atoms with van der Waals surface area (Å²) >= 11 is 1.62. The lowest BCUT2D eigenvalue weighted by atomic mass is 10.1. The van der Waals surface area contributed by atoms with Gasteiger partial charge < -0.3 is 4.74 Å². The first kappa shape index (κ1) is 15.0. The van der Waals surface area contributed by atoms with Crippen LogP contribution in [0.3, 0.4) is 0 Å². The second-order valence-electron chi connectivity index (χ2n) is 4.94. The third-order valence-corrected chi connectivity index (χ3v) is 5.43. The van der Waals surface area contributed by atoms with Crippen LogP contribution in [0.1, 0.15) is 5.56 Å². The largest absolute Gasteiger partial charge is 0.496 e. The first-order chi connectivity index (χ1) is 10.4. The van der Waals surface area contributed by atoms with Gasteiger partial charge in [0, 0.05) is 21.2 Å². The van der Waals surface area contributed by atoms with Gasteiger partial charge in [-0.25, -0.2) is 0 Å². The molecule has 0 aliphatic heterocycles. The summed E-state index contributed by atoms with van der Waals surface area (Å²) in [6.07, 6.45) is 0. The summed E-state index contributed by atoms with van der Waals surface area (Å²) in [6, 6.07) is 12.9. The first-order valence-electron chi connectivity index (χ1n) is 6.55. The van der Waals surface area contributed by atoms with Crippen LogP contribution in [-0.4, -0.2) is 20.1 Å². The van der Waals surface area contributed by atoms with E-state index in [2.05, 4.69) is 6.07 Å². The van der Waals surface area contributed by atoms with E-state index in [0.29, 0.717) is 5.75 Å². The smallest absolute Gasteiger partial charge is 0.294 e. The SMILES string of the molecule is COc1cc(S(=O)(=O)O)cc(C)c1-c1cc2ccccc2s1. The van der Waals surface area contributed by atoms with E-state index in [4.69, 9.17) is 4.74 Å². The molecule has 0 unspecified atom stereocenters. The Morgan fingerprint density at radius 1 is 1.14 bits per heavy atom. The maximum atomic E-state index is 11.3. The molecule has 0 aliphatic rings. The molecular weight excluding hydrogens is 320 g/mol. The number of hydrogen-bond donors (Lipinski definition) is 1. The minimum atomic E-state index is -4.26. The van der Waals surface area contributed by atoms with Crippen molar-refractivity contribution < 1.29 is 17.7 Å². The van der Waals surface area contributed by atoms with E-state index in [1.807, 2.05) is 24.3 Å². The Labute approximate surface area is 132 Å². The molecule has 1 aromatic heterocycles. The second-order valence-corrected chi connectivity index (χ2v) is 7.45. The summed E-state index contributed by atoms with van der Waals surface area (Å²) < 4.78 is 38.4. The van der Waals surface area contributed by atoms with Gasteiger partial charge in [-0.1, -0.05) is 18.2 Å². The van der Waals surface area contributed by atoms with Crippen molar-refractivity contribution in [2.75, 3.05) is 7.11 Å². The number of hydrogen-bond acceptors (Lipinski definition) is 4. The van der Waals surface area contributed by atoms with Gasteiger partial charge in [-0.3, -0.25) is 4.55 Å². The predicted molar refractivity (Wildman–Crippen MR) is 88.4 cm³/mol. The maximum absolute atomic E-state index is 11.3. The molecule has 0 saturated heterocycles. The molecule has 1 N–H and O–H groups in total. The van der Waals surface area contributed by atoms with Crippen LogP contribution in [0.5, 0.6) is 5.75 Å². The minimum Gasteiger partial charge on any atom is -0.496 e. The van der Waals surface area contributed by atoms with E-state index in [0.717, 1.165) is 26.1 Å². The summed E-state index contributed by atoms with van der Waals surface area (Å²) in [5.74, 6) is 0.430. The Hall–Kier alpha value is -1.89. The van der Waals surface area contributed by atoms with Gasteiger partial charge in [0.25, 0.3) is 10.1 Å². The molecule has 0 bridgehead atoms. The highest BCUT2D eigenvalue weighted by atomic mass is 32.2. The van der Waals surface area contributed by atoms with Crippen LogP contribution in [0.2, 0.25) is 0 Å². The number of thiophene rings is 1. The molecule has 3 aromatic rings. The highest BCUT2D eigenvalue weighted by molar-refractivity contribution is 7.85. The fraction of sp³-hybridized carbons (Fsp3) is 0.125. The molecule has 0 radical (unpaired) electrons. The molecule has 0 fully saturated rings. The van der Waals surface area contributed by atoms with Crippen molar-refractivity contribution in [2.24, 2.45) is 0 Å². The molecule has 22 heavy (non-hydrogen) atoms. The molecule has 114 valence electrons. The number of aryl methyl sites for hydroxylation is 1. The molecule has 2 aromatic carbocycles. The Morgan fingerprint density at radius 3 is 2.50 bits per heavy atom. The summed E-state index contributed by atoms with van der Waals surface area (Å²) in [7, 11) is -2.77. The van der Waals surface area contributed by atoms with E-state index in [1.165, 1.54) is 19.2 Å². The van der Waals surface area contributed by atoms with Crippen LogP contribution in [0.25, 0.3) is 20.5 Å². The predicted octanol–water partition coefficient (Wildman–Crippen LogP) is 4.13. The van der Waals surface area contributed by atoms with Crippen molar-refractivity contribution in [1.82, 2.24) is 0 Å². The van der Waals surface area contributed by atoms with Crippen molar-refractivity contribution >= 4 is 31.5 Å². The zero-order valence-electron chi connectivity index (χ0n) is 12.0. The van der Waals surface area contributed by atoms with E-state index < -0.39 is 10.1 Å². The Kier molecular flexibility index (Phi) is 3.68. The van der Waals surface area contributed by atoms with Gasteiger partial charge >= 0.3 is 0 Å². The number of methoxy groups -OCH3 is 1. The third kappa shape index (κ3) is 2.61. The zero-order chi connectivity index (χ0) is 15.9. The second kappa shape index (κ2) is 5.39. The van der Waals surface area contributed by atoms with Crippen LogP contribution >= 0.6 is 11.3 Å². The van der Waals surface area contributed by atoms with Gasteiger partial charge in [-0.05, 0) is 36.1 Å². The van der Waals surface area contributed by atoms with Crippen molar-refractivity contribution in [3.05, 3.63) is 48.0 Å². The van der Waals surface area contributed by atoms with Crippen LogP contribution < -0.4 is 4.74 Å².